The van der Waals surface area contributed by atoms with Gasteiger partial charge in [-0.15, -0.1) is 0 Å². The fraction of sp³-hybridized carbons (Fsp3) is 0.375. The molecule has 0 saturated carbocycles. The van der Waals surface area contributed by atoms with Gasteiger partial charge in [-0.25, -0.2) is 4.79 Å². The van der Waals surface area contributed by atoms with E-state index in [-0.39, 0.29) is 13.0 Å². The third-order valence-electron chi connectivity index (χ3n) is 3.17. The van der Waals surface area contributed by atoms with Crippen LogP contribution in [-0.4, -0.2) is 43.1 Å². The summed E-state index contributed by atoms with van der Waals surface area (Å²) in [6.45, 7) is 14.0. The summed E-state index contributed by atoms with van der Waals surface area (Å²) in [5.74, 6) is -0.900. The van der Waals surface area contributed by atoms with Gasteiger partial charge in [0.25, 0.3) is 0 Å². The van der Waals surface area contributed by atoms with Gasteiger partial charge in [-0.3, -0.25) is 9.59 Å². The van der Waals surface area contributed by atoms with Crippen molar-refractivity contribution in [2.24, 2.45) is 5.92 Å². The fourth-order valence-corrected chi connectivity index (χ4v) is 1.93. The largest absolute Gasteiger partial charge is 0.480 e. The first-order valence-corrected chi connectivity index (χ1v) is 9.87. The molecule has 0 fully saturated rings. The maximum Gasteiger partial charge on any atom is 0.326 e. The van der Waals surface area contributed by atoms with Gasteiger partial charge in [-0.1, -0.05) is 82.5 Å². The van der Waals surface area contributed by atoms with Crippen LogP contribution in [0.15, 0.2) is 67.3 Å². The average molecular weight is 433 g/mol. The lowest BCUT2D eigenvalue weighted by Crippen LogP contribution is -2.44. The summed E-state index contributed by atoms with van der Waals surface area (Å²) in [6, 6.07) is 9.03. The van der Waals surface area contributed by atoms with E-state index >= 15 is 0 Å². The van der Waals surface area contributed by atoms with Crippen molar-refractivity contribution < 1.29 is 24.2 Å². The van der Waals surface area contributed by atoms with Gasteiger partial charge in [0.05, 0.1) is 13.2 Å². The number of hydrogen-bond donors (Lipinski definition) is 3. The fourth-order valence-electron chi connectivity index (χ4n) is 1.93. The Balaban J connectivity index is 0. The highest BCUT2D eigenvalue weighted by Crippen LogP contribution is 2.07. The minimum absolute atomic E-state index is 0.0949. The Hall–Kier alpha value is -3.19. The summed E-state index contributed by atoms with van der Waals surface area (Å²) in [6.07, 6.45) is 5.07. The Morgan fingerprint density at radius 2 is 1.74 bits per heavy atom. The molecule has 1 aromatic carbocycles. The molecule has 1 rings (SSSR count). The monoisotopic (exact) mass is 432 g/mol. The Kier molecular flexibility index (Phi) is 19.5. The number of hydrogen-bond acceptors (Lipinski definition) is 4. The number of carboxylic acid groups (broad SMARTS) is 1. The third kappa shape index (κ3) is 19.9. The van der Waals surface area contributed by atoms with Gasteiger partial charge < -0.3 is 20.5 Å². The molecule has 7 nitrogen and oxygen atoms in total. The molecule has 0 aromatic heterocycles. The number of ether oxygens (including phenoxy) is 1. The number of rotatable bonds is 11. The van der Waals surface area contributed by atoms with E-state index < -0.39 is 17.9 Å². The second-order valence-corrected chi connectivity index (χ2v) is 6.99. The van der Waals surface area contributed by atoms with Crippen molar-refractivity contribution >= 4 is 18.3 Å². The molecule has 172 valence electrons. The van der Waals surface area contributed by atoms with E-state index in [1.54, 1.807) is 13.2 Å². The lowest BCUT2D eigenvalue weighted by Gasteiger charge is -2.14. The molecule has 0 saturated heterocycles. The van der Waals surface area contributed by atoms with Crippen LogP contribution in [0.25, 0.3) is 0 Å². The van der Waals surface area contributed by atoms with Gasteiger partial charge in [0.15, 0.2) is 0 Å². The molecule has 2 amide bonds. The number of benzene rings is 1. The van der Waals surface area contributed by atoms with Crippen LogP contribution < -0.4 is 10.6 Å². The van der Waals surface area contributed by atoms with Crippen molar-refractivity contribution in [2.75, 3.05) is 13.7 Å². The van der Waals surface area contributed by atoms with Crippen molar-refractivity contribution in [3.8, 4) is 0 Å². The highest BCUT2D eigenvalue weighted by molar-refractivity contribution is 5.85. The first-order chi connectivity index (χ1) is 14.7. The molecular formula is C24H36N2O5. The minimum Gasteiger partial charge on any atom is -0.480 e. The summed E-state index contributed by atoms with van der Waals surface area (Å²) < 4.78 is 4.93. The molecule has 1 aromatic rings. The lowest BCUT2D eigenvalue weighted by atomic mass is 10.1. The van der Waals surface area contributed by atoms with Crippen LogP contribution in [0.1, 0.15) is 32.8 Å². The van der Waals surface area contributed by atoms with Crippen LogP contribution in [0.3, 0.4) is 0 Å². The zero-order valence-electron chi connectivity index (χ0n) is 19.0. The summed E-state index contributed by atoms with van der Waals surface area (Å²) in [7, 11) is 1.70. The molecule has 0 aliphatic rings. The molecule has 7 heteroatoms. The molecule has 0 bridgehead atoms. The molecule has 1 unspecified atom stereocenters. The van der Waals surface area contributed by atoms with Gasteiger partial charge in [0.1, 0.15) is 6.04 Å². The van der Waals surface area contributed by atoms with E-state index in [2.05, 4.69) is 44.6 Å². The maximum absolute atomic E-state index is 11.3. The SMILES string of the molecule is C=C/C=C(\C=C)CC(NC(=O)CNC=O)C(=O)O.CC(C)C.COCc1ccccc1. The lowest BCUT2D eigenvalue weighted by molar-refractivity contribution is -0.141. The van der Waals surface area contributed by atoms with Crippen LogP contribution in [0, 0.1) is 5.92 Å². The number of allylic oxidation sites excluding steroid dienone is 3. The maximum atomic E-state index is 11.3. The van der Waals surface area contributed by atoms with Crippen molar-refractivity contribution in [3.63, 3.8) is 0 Å². The van der Waals surface area contributed by atoms with Crippen molar-refractivity contribution in [2.45, 2.75) is 39.8 Å². The quantitative estimate of drug-likeness (QED) is 0.367. The van der Waals surface area contributed by atoms with Gasteiger partial charge in [0.2, 0.25) is 12.3 Å². The third-order valence-corrected chi connectivity index (χ3v) is 3.17. The molecule has 1 atom stereocenters. The minimum atomic E-state index is -1.16. The number of nitrogens with one attached hydrogen (secondary N) is 2. The summed E-state index contributed by atoms with van der Waals surface area (Å²) in [5.41, 5.74) is 1.86. The number of amides is 2. The Bertz CT molecular complexity index is 682. The van der Waals surface area contributed by atoms with E-state index in [9.17, 15) is 14.4 Å². The van der Waals surface area contributed by atoms with E-state index in [4.69, 9.17) is 9.84 Å². The predicted octanol–water partition coefficient (Wildman–Crippen LogP) is 3.49. The van der Waals surface area contributed by atoms with E-state index in [1.807, 2.05) is 30.3 Å². The molecule has 0 aliphatic carbocycles. The van der Waals surface area contributed by atoms with Gasteiger partial charge in [0, 0.05) is 13.5 Å². The van der Waals surface area contributed by atoms with Gasteiger partial charge in [-0.2, -0.15) is 0 Å². The van der Waals surface area contributed by atoms with Crippen molar-refractivity contribution in [3.05, 3.63) is 72.9 Å². The summed E-state index contributed by atoms with van der Waals surface area (Å²) >= 11 is 0. The molecule has 0 spiro atoms. The number of methoxy groups -OCH3 is 1. The zero-order valence-corrected chi connectivity index (χ0v) is 19.0. The first-order valence-electron chi connectivity index (χ1n) is 9.87. The second-order valence-electron chi connectivity index (χ2n) is 6.99. The molecule has 3 N–H and O–H groups in total. The average Bonchev–Trinajstić information content (AvgIpc) is 2.72. The van der Waals surface area contributed by atoms with E-state index in [0.717, 1.165) is 5.92 Å². The Morgan fingerprint density at radius 3 is 2.16 bits per heavy atom. The van der Waals surface area contributed by atoms with Crippen LogP contribution >= 0.6 is 0 Å². The predicted molar refractivity (Wildman–Crippen MR) is 124 cm³/mol. The normalized spacial score (nSPS) is 10.9. The van der Waals surface area contributed by atoms with Crippen LogP contribution in [0.5, 0.6) is 0 Å². The van der Waals surface area contributed by atoms with Crippen LogP contribution in [0.2, 0.25) is 0 Å². The highest BCUT2D eigenvalue weighted by Gasteiger charge is 2.20. The van der Waals surface area contributed by atoms with E-state index in [1.165, 1.54) is 17.7 Å². The molecule has 31 heavy (non-hydrogen) atoms. The number of carbonyl (C=O) groups excluding carboxylic acids is 2. The summed E-state index contributed by atoms with van der Waals surface area (Å²) in [5, 5.41) is 13.4. The number of aliphatic carboxylic acids is 1. The Morgan fingerprint density at radius 1 is 1.16 bits per heavy atom. The topological polar surface area (TPSA) is 105 Å². The van der Waals surface area contributed by atoms with Crippen molar-refractivity contribution in [1.29, 1.82) is 0 Å². The van der Waals surface area contributed by atoms with Crippen LogP contribution in [0.4, 0.5) is 0 Å². The van der Waals surface area contributed by atoms with Gasteiger partial charge >= 0.3 is 5.97 Å². The number of carbonyl (C=O) groups is 3. The molecule has 0 heterocycles. The zero-order chi connectivity index (χ0) is 24.1. The smallest absolute Gasteiger partial charge is 0.326 e. The molecule has 0 aliphatic heterocycles. The Labute approximate surface area is 185 Å². The highest BCUT2D eigenvalue weighted by atomic mass is 16.5. The standard InChI is InChI=1S/C12H16N2O4.C8H10O.C4H10/c1-3-5-9(4-2)6-10(12(17)18)14-11(16)7-13-8-15;1-9-7-8-5-3-2-4-6-8;1-4(2)3/h3-5,8,10H,1-2,6-7H2,(H,13,15)(H,14,16)(H,17,18);2-6H,7H2,1H3;4H,1-3H3/b9-5+;;. The number of carboxylic acids is 1. The van der Waals surface area contributed by atoms with Crippen LogP contribution in [-0.2, 0) is 25.7 Å². The van der Waals surface area contributed by atoms with Gasteiger partial charge in [-0.05, 0) is 17.1 Å². The molecule has 0 radical (unpaired) electrons. The first kappa shape index (κ1) is 30.0. The molecular weight excluding hydrogens is 396 g/mol. The van der Waals surface area contributed by atoms with E-state index in [0.29, 0.717) is 18.6 Å². The summed E-state index contributed by atoms with van der Waals surface area (Å²) in [4.78, 5) is 32.3. The second kappa shape index (κ2) is 20.1. The van der Waals surface area contributed by atoms with Crippen molar-refractivity contribution in [1.82, 2.24) is 10.6 Å².